The molecule has 150 valence electrons. The summed E-state index contributed by atoms with van der Waals surface area (Å²) >= 11 is 0. The summed E-state index contributed by atoms with van der Waals surface area (Å²) in [5, 5.41) is 15.9. The van der Waals surface area contributed by atoms with Gasteiger partial charge in [-0.05, 0) is 25.7 Å². The molecule has 2 aliphatic heterocycles. The highest BCUT2D eigenvalue weighted by atomic mass is 16.2. The van der Waals surface area contributed by atoms with Gasteiger partial charge in [-0.1, -0.05) is 6.92 Å². The average molecular weight is 385 g/mol. The lowest BCUT2D eigenvalue weighted by Crippen LogP contribution is -2.43. The average Bonchev–Trinajstić information content (AvgIpc) is 3.35. The Morgan fingerprint density at radius 1 is 1.21 bits per heavy atom. The van der Waals surface area contributed by atoms with Gasteiger partial charge in [-0.3, -0.25) is 14.3 Å². The Morgan fingerprint density at radius 3 is 2.96 bits per heavy atom. The molecule has 0 aliphatic carbocycles. The fourth-order valence-corrected chi connectivity index (χ4v) is 4.03. The third-order valence-electron chi connectivity index (χ3n) is 5.59. The van der Waals surface area contributed by atoms with Gasteiger partial charge in [-0.15, -0.1) is 10.2 Å². The molecule has 4 heterocycles. The van der Waals surface area contributed by atoms with E-state index in [2.05, 4.69) is 25.2 Å². The van der Waals surface area contributed by atoms with E-state index in [1.165, 1.54) is 6.42 Å². The highest BCUT2D eigenvalue weighted by molar-refractivity contribution is 5.93. The van der Waals surface area contributed by atoms with E-state index in [4.69, 9.17) is 0 Å². The molecule has 0 spiro atoms. The SMILES string of the molecule is CCC(=O)N1CCCC(C(=O)Nc2cnn(Cc3nnc4n3CCCC4)c2)C1. The molecular formula is C19H27N7O2. The van der Waals surface area contributed by atoms with Crippen molar-refractivity contribution in [2.75, 3.05) is 18.4 Å². The number of aromatic nitrogens is 5. The summed E-state index contributed by atoms with van der Waals surface area (Å²) in [6.45, 7) is 4.59. The maximum Gasteiger partial charge on any atom is 0.229 e. The fraction of sp³-hybridized carbons (Fsp3) is 0.632. The number of nitrogens with zero attached hydrogens (tertiary/aromatic N) is 6. The highest BCUT2D eigenvalue weighted by Gasteiger charge is 2.28. The molecule has 4 rings (SSSR count). The summed E-state index contributed by atoms with van der Waals surface area (Å²) in [5.74, 6) is 1.84. The maximum atomic E-state index is 12.6. The van der Waals surface area contributed by atoms with Crippen molar-refractivity contribution >= 4 is 17.5 Å². The number of piperidine rings is 1. The van der Waals surface area contributed by atoms with Crippen molar-refractivity contribution in [3.63, 3.8) is 0 Å². The van der Waals surface area contributed by atoms with Crippen LogP contribution in [-0.2, 0) is 29.1 Å². The van der Waals surface area contributed by atoms with Crippen molar-refractivity contribution in [1.82, 2.24) is 29.4 Å². The van der Waals surface area contributed by atoms with Gasteiger partial charge in [-0.25, -0.2) is 0 Å². The second-order valence-corrected chi connectivity index (χ2v) is 7.59. The van der Waals surface area contributed by atoms with Crippen LogP contribution in [0, 0.1) is 5.92 Å². The first kappa shape index (κ1) is 18.6. The van der Waals surface area contributed by atoms with Crippen molar-refractivity contribution in [2.45, 2.75) is 58.5 Å². The third kappa shape index (κ3) is 3.93. The van der Waals surface area contributed by atoms with Crippen molar-refractivity contribution < 1.29 is 9.59 Å². The van der Waals surface area contributed by atoms with Crippen LogP contribution >= 0.6 is 0 Å². The van der Waals surface area contributed by atoms with Gasteiger partial charge < -0.3 is 14.8 Å². The molecule has 2 amide bonds. The maximum absolute atomic E-state index is 12.6. The Kier molecular flexibility index (Phi) is 5.40. The predicted molar refractivity (Wildman–Crippen MR) is 103 cm³/mol. The van der Waals surface area contributed by atoms with Crippen LogP contribution in [0.15, 0.2) is 12.4 Å². The number of aryl methyl sites for hydroxylation is 1. The van der Waals surface area contributed by atoms with Gasteiger partial charge in [0, 0.05) is 38.7 Å². The number of anilines is 1. The second-order valence-electron chi connectivity index (χ2n) is 7.59. The number of carbonyl (C=O) groups excluding carboxylic acids is 2. The van der Waals surface area contributed by atoms with E-state index in [1.807, 2.05) is 13.1 Å². The van der Waals surface area contributed by atoms with E-state index >= 15 is 0 Å². The Morgan fingerprint density at radius 2 is 2.11 bits per heavy atom. The molecule has 0 aromatic carbocycles. The summed E-state index contributed by atoms with van der Waals surface area (Å²) in [7, 11) is 0. The van der Waals surface area contributed by atoms with Crippen LogP contribution in [-0.4, -0.2) is 54.3 Å². The molecule has 1 saturated heterocycles. The first-order valence-electron chi connectivity index (χ1n) is 10.2. The zero-order valence-electron chi connectivity index (χ0n) is 16.3. The zero-order chi connectivity index (χ0) is 19.5. The minimum atomic E-state index is -0.170. The first-order chi connectivity index (χ1) is 13.6. The van der Waals surface area contributed by atoms with Crippen LogP contribution in [0.5, 0.6) is 0 Å². The zero-order valence-corrected chi connectivity index (χ0v) is 16.3. The van der Waals surface area contributed by atoms with E-state index in [1.54, 1.807) is 15.8 Å². The fourth-order valence-electron chi connectivity index (χ4n) is 4.03. The number of likely N-dealkylation sites (tertiary alicyclic amines) is 1. The van der Waals surface area contributed by atoms with Crippen LogP contribution in [0.25, 0.3) is 0 Å². The summed E-state index contributed by atoms with van der Waals surface area (Å²) in [5.41, 5.74) is 0.669. The van der Waals surface area contributed by atoms with Crippen LogP contribution in [0.4, 0.5) is 5.69 Å². The molecule has 1 unspecified atom stereocenters. The number of hydrogen-bond donors (Lipinski definition) is 1. The number of fused-ring (bicyclic) bond motifs is 1. The molecule has 28 heavy (non-hydrogen) atoms. The van der Waals surface area contributed by atoms with E-state index in [0.29, 0.717) is 25.2 Å². The van der Waals surface area contributed by atoms with Gasteiger partial charge in [0.2, 0.25) is 11.8 Å². The first-order valence-corrected chi connectivity index (χ1v) is 10.2. The Bertz CT molecular complexity index is 856. The number of nitrogens with one attached hydrogen (secondary N) is 1. The molecule has 9 nitrogen and oxygen atoms in total. The van der Waals surface area contributed by atoms with E-state index < -0.39 is 0 Å². The molecule has 0 bridgehead atoms. The third-order valence-corrected chi connectivity index (χ3v) is 5.59. The summed E-state index contributed by atoms with van der Waals surface area (Å²) in [4.78, 5) is 26.3. The molecule has 0 radical (unpaired) electrons. The van der Waals surface area contributed by atoms with Crippen LogP contribution < -0.4 is 5.32 Å². The molecule has 1 N–H and O–H groups in total. The molecule has 0 saturated carbocycles. The highest BCUT2D eigenvalue weighted by Crippen LogP contribution is 2.20. The molecule has 1 atom stereocenters. The van der Waals surface area contributed by atoms with E-state index in [-0.39, 0.29) is 17.7 Å². The lowest BCUT2D eigenvalue weighted by molar-refractivity contribution is -0.134. The largest absolute Gasteiger partial charge is 0.342 e. The molecule has 9 heteroatoms. The van der Waals surface area contributed by atoms with Gasteiger partial charge in [0.15, 0.2) is 5.82 Å². The van der Waals surface area contributed by atoms with Crippen LogP contribution in [0.2, 0.25) is 0 Å². The normalized spacial score (nSPS) is 19.3. The molecule has 2 aromatic rings. The van der Waals surface area contributed by atoms with Gasteiger partial charge in [0.1, 0.15) is 12.4 Å². The molecular weight excluding hydrogens is 358 g/mol. The van der Waals surface area contributed by atoms with Gasteiger partial charge in [0.05, 0.1) is 17.8 Å². The van der Waals surface area contributed by atoms with Crippen LogP contribution in [0.1, 0.15) is 50.7 Å². The molecule has 1 fully saturated rings. The number of rotatable bonds is 5. The number of carbonyl (C=O) groups is 2. The Hall–Kier alpha value is -2.71. The predicted octanol–water partition coefficient (Wildman–Crippen LogP) is 1.45. The smallest absolute Gasteiger partial charge is 0.229 e. The quantitative estimate of drug-likeness (QED) is 0.840. The standard InChI is InChI=1S/C19H27N7O2/c1-2-18(27)24-8-5-6-14(11-24)19(28)21-15-10-20-25(12-15)13-17-23-22-16-7-3-4-9-26(16)17/h10,12,14H,2-9,11,13H2,1H3,(H,21,28). The van der Waals surface area contributed by atoms with Crippen molar-refractivity contribution in [2.24, 2.45) is 5.92 Å². The number of hydrogen-bond acceptors (Lipinski definition) is 5. The van der Waals surface area contributed by atoms with Crippen molar-refractivity contribution in [3.8, 4) is 0 Å². The topological polar surface area (TPSA) is 97.9 Å². The van der Waals surface area contributed by atoms with Crippen molar-refractivity contribution in [1.29, 1.82) is 0 Å². The summed E-state index contributed by atoms with van der Waals surface area (Å²) < 4.78 is 3.94. The second kappa shape index (κ2) is 8.12. The van der Waals surface area contributed by atoms with E-state index in [0.717, 1.165) is 50.4 Å². The molecule has 2 aromatic heterocycles. The van der Waals surface area contributed by atoms with Gasteiger partial charge >= 0.3 is 0 Å². The summed E-state index contributed by atoms with van der Waals surface area (Å²) in [6, 6.07) is 0. The number of amides is 2. The van der Waals surface area contributed by atoms with Gasteiger partial charge in [0.25, 0.3) is 0 Å². The Balaban J connectivity index is 1.36. The monoisotopic (exact) mass is 385 g/mol. The summed E-state index contributed by atoms with van der Waals surface area (Å²) in [6.07, 6.45) is 8.92. The minimum Gasteiger partial charge on any atom is -0.342 e. The van der Waals surface area contributed by atoms with Crippen LogP contribution in [0.3, 0.4) is 0 Å². The lowest BCUT2D eigenvalue weighted by Gasteiger charge is -2.31. The Labute approximate surface area is 164 Å². The minimum absolute atomic E-state index is 0.0481. The lowest BCUT2D eigenvalue weighted by atomic mass is 9.97. The van der Waals surface area contributed by atoms with E-state index in [9.17, 15) is 9.59 Å². The molecule has 2 aliphatic rings. The van der Waals surface area contributed by atoms with Gasteiger partial charge in [-0.2, -0.15) is 5.10 Å². The van der Waals surface area contributed by atoms with Crippen molar-refractivity contribution in [3.05, 3.63) is 24.0 Å².